The van der Waals surface area contributed by atoms with E-state index < -0.39 is 5.60 Å². The fourth-order valence-corrected chi connectivity index (χ4v) is 3.41. The first-order valence-corrected chi connectivity index (χ1v) is 6.83. The summed E-state index contributed by atoms with van der Waals surface area (Å²) in [4.78, 5) is 0. The van der Waals surface area contributed by atoms with Gasteiger partial charge in [-0.05, 0) is 62.9 Å². The molecule has 0 heterocycles. The number of rotatable bonds is 1. The summed E-state index contributed by atoms with van der Waals surface area (Å²) in [6, 6.07) is 0. The number of allylic oxidation sites excluding steroid dienone is 3. The zero-order valence-electron chi connectivity index (χ0n) is 11.9. The van der Waals surface area contributed by atoms with E-state index in [-0.39, 0.29) is 0 Å². The van der Waals surface area contributed by atoms with Crippen molar-refractivity contribution >= 4 is 0 Å². The van der Waals surface area contributed by atoms with Crippen molar-refractivity contribution in [3.8, 4) is 0 Å². The third-order valence-corrected chi connectivity index (χ3v) is 5.42. The number of hydrogen-bond acceptors (Lipinski definition) is 1. The van der Waals surface area contributed by atoms with Crippen molar-refractivity contribution < 1.29 is 5.11 Å². The van der Waals surface area contributed by atoms with Gasteiger partial charge in [0.2, 0.25) is 0 Å². The van der Waals surface area contributed by atoms with Gasteiger partial charge in [-0.15, -0.1) is 0 Å². The molecule has 0 saturated heterocycles. The molecule has 0 aromatic heterocycles. The van der Waals surface area contributed by atoms with Gasteiger partial charge in [0, 0.05) is 0 Å². The Morgan fingerprint density at radius 1 is 1.18 bits per heavy atom. The van der Waals surface area contributed by atoms with Crippen LogP contribution in [-0.4, -0.2) is 10.7 Å². The van der Waals surface area contributed by atoms with E-state index in [4.69, 9.17) is 0 Å². The summed E-state index contributed by atoms with van der Waals surface area (Å²) in [5.41, 5.74) is 2.45. The summed E-state index contributed by atoms with van der Waals surface area (Å²) in [5, 5.41) is 10.2. The molecule has 1 heteroatoms. The highest BCUT2D eigenvalue weighted by atomic mass is 16.3. The van der Waals surface area contributed by atoms with Gasteiger partial charge in [0.15, 0.2) is 0 Å². The molecule has 0 aromatic rings. The van der Waals surface area contributed by atoms with Crippen molar-refractivity contribution in [2.45, 2.75) is 59.5 Å². The third-order valence-electron chi connectivity index (χ3n) is 5.42. The fourth-order valence-electron chi connectivity index (χ4n) is 3.41. The molecule has 0 saturated carbocycles. The van der Waals surface area contributed by atoms with Gasteiger partial charge in [-0.2, -0.15) is 0 Å². The van der Waals surface area contributed by atoms with E-state index in [1.165, 1.54) is 12.0 Å². The monoisotopic (exact) mass is 234 g/mol. The van der Waals surface area contributed by atoms with Crippen LogP contribution in [0, 0.1) is 17.3 Å². The molecule has 0 amide bonds. The highest BCUT2D eigenvalue weighted by Gasteiger charge is 2.41. The second-order valence-corrected chi connectivity index (χ2v) is 6.78. The maximum atomic E-state index is 10.2. The molecule has 2 aliphatic rings. The van der Waals surface area contributed by atoms with Crippen LogP contribution in [0.5, 0.6) is 0 Å². The standard InChI is InChI=1S/C16H26O/c1-11-6-7-14(15(11,3)4)13-8-9-16(5,17)12(2)10-13/h6,10,13-14,17H,7-9H2,1-5H3/t13-,14-,16+/m0/s1. The third kappa shape index (κ3) is 2.10. The maximum Gasteiger partial charge on any atom is 0.0826 e. The second-order valence-electron chi connectivity index (χ2n) is 6.78. The molecular formula is C16H26O. The van der Waals surface area contributed by atoms with Crippen molar-refractivity contribution in [2.24, 2.45) is 17.3 Å². The molecule has 0 aromatic carbocycles. The molecule has 0 bridgehead atoms. The van der Waals surface area contributed by atoms with Crippen LogP contribution in [0.15, 0.2) is 23.3 Å². The van der Waals surface area contributed by atoms with Crippen molar-refractivity contribution in [1.82, 2.24) is 0 Å². The molecule has 0 aliphatic heterocycles. The SMILES string of the molecule is CC1=CC[C@@H]([C@@H]2C=C(C)[C@](C)(O)CC2)C1(C)C. The first-order valence-electron chi connectivity index (χ1n) is 6.83. The zero-order chi connectivity index (χ0) is 12.8. The van der Waals surface area contributed by atoms with E-state index in [0.717, 1.165) is 18.4 Å². The first-order chi connectivity index (χ1) is 7.75. The minimum Gasteiger partial charge on any atom is -0.386 e. The smallest absolute Gasteiger partial charge is 0.0826 e. The Morgan fingerprint density at radius 2 is 1.82 bits per heavy atom. The molecule has 1 N–H and O–H groups in total. The molecule has 0 unspecified atom stereocenters. The van der Waals surface area contributed by atoms with Crippen LogP contribution in [0.4, 0.5) is 0 Å². The second kappa shape index (κ2) is 3.98. The Morgan fingerprint density at radius 3 is 2.29 bits per heavy atom. The van der Waals surface area contributed by atoms with Crippen molar-refractivity contribution in [3.05, 3.63) is 23.3 Å². The zero-order valence-corrected chi connectivity index (χ0v) is 11.9. The van der Waals surface area contributed by atoms with Gasteiger partial charge in [0.25, 0.3) is 0 Å². The first kappa shape index (κ1) is 12.9. The van der Waals surface area contributed by atoms with E-state index in [2.05, 4.69) is 39.8 Å². The van der Waals surface area contributed by atoms with Crippen molar-refractivity contribution in [3.63, 3.8) is 0 Å². The van der Waals surface area contributed by atoms with E-state index in [1.54, 1.807) is 0 Å². The Balaban J connectivity index is 2.20. The van der Waals surface area contributed by atoms with Gasteiger partial charge in [0.1, 0.15) is 0 Å². The predicted octanol–water partition coefficient (Wildman–Crippen LogP) is 4.09. The minimum atomic E-state index is -0.568. The number of hydrogen-bond donors (Lipinski definition) is 1. The van der Waals surface area contributed by atoms with Crippen LogP contribution < -0.4 is 0 Å². The largest absolute Gasteiger partial charge is 0.386 e. The molecule has 1 nitrogen and oxygen atoms in total. The molecule has 3 atom stereocenters. The average molecular weight is 234 g/mol. The lowest BCUT2D eigenvalue weighted by molar-refractivity contribution is 0.0634. The summed E-state index contributed by atoms with van der Waals surface area (Å²) in [7, 11) is 0. The van der Waals surface area contributed by atoms with E-state index in [9.17, 15) is 5.11 Å². The molecule has 2 aliphatic carbocycles. The molecule has 2 rings (SSSR count). The average Bonchev–Trinajstić information content (AvgIpc) is 2.47. The van der Waals surface area contributed by atoms with Gasteiger partial charge in [-0.1, -0.05) is 31.6 Å². The van der Waals surface area contributed by atoms with Crippen LogP contribution >= 0.6 is 0 Å². The molecule has 17 heavy (non-hydrogen) atoms. The lowest BCUT2D eigenvalue weighted by Crippen LogP contribution is -2.35. The maximum absolute atomic E-state index is 10.2. The molecule has 0 spiro atoms. The van der Waals surface area contributed by atoms with Gasteiger partial charge in [0.05, 0.1) is 5.60 Å². The Hall–Kier alpha value is -0.560. The van der Waals surface area contributed by atoms with Gasteiger partial charge in [-0.3, -0.25) is 0 Å². The van der Waals surface area contributed by atoms with Crippen molar-refractivity contribution in [2.75, 3.05) is 0 Å². The van der Waals surface area contributed by atoms with Crippen LogP contribution in [-0.2, 0) is 0 Å². The normalized spacial score (nSPS) is 41.1. The Bertz CT molecular complexity index is 371. The summed E-state index contributed by atoms with van der Waals surface area (Å²) in [6.07, 6.45) is 7.98. The van der Waals surface area contributed by atoms with E-state index in [1.807, 2.05) is 6.92 Å². The highest BCUT2D eigenvalue weighted by molar-refractivity contribution is 5.24. The van der Waals surface area contributed by atoms with Crippen LogP contribution in [0.1, 0.15) is 53.9 Å². The van der Waals surface area contributed by atoms with Gasteiger partial charge < -0.3 is 5.11 Å². The molecule has 0 fully saturated rings. The van der Waals surface area contributed by atoms with E-state index in [0.29, 0.717) is 17.3 Å². The lowest BCUT2D eigenvalue weighted by atomic mass is 9.66. The number of aliphatic hydroxyl groups is 1. The van der Waals surface area contributed by atoms with Crippen LogP contribution in [0.3, 0.4) is 0 Å². The highest BCUT2D eigenvalue weighted by Crippen LogP contribution is 2.50. The fraction of sp³-hybridized carbons (Fsp3) is 0.750. The molecular weight excluding hydrogens is 208 g/mol. The summed E-state index contributed by atoms with van der Waals surface area (Å²) < 4.78 is 0. The van der Waals surface area contributed by atoms with Crippen LogP contribution in [0.25, 0.3) is 0 Å². The van der Waals surface area contributed by atoms with Crippen molar-refractivity contribution in [1.29, 1.82) is 0 Å². The Labute approximate surface area is 106 Å². The summed E-state index contributed by atoms with van der Waals surface area (Å²) in [6.45, 7) is 11.0. The molecule has 0 radical (unpaired) electrons. The molecule has 96 valence electrons. The van der Waals surface area contributed by atoms with Gasteiger partial charge in [-0.25, -0.2) is 0 Å². The topological polar surface area (TPSA) is 20.2 Å². The summed E-state index contributed by atoms with van der Waals surface area (Å²) in [5.74, 6) is 1.35. The van der Waals surface area contributed by atoms with Gasteiger partial charge >= 0.3 is 0 Å². The minimum absolute atomic E-state index is 0.324. The quantitative estimate of drug-likeness (QED) is 0.678. The predicted molar refractivity (Wildman–Crippen MR) is 72.7 cm³/mol. The van der Waals surface area contributed by atoms with Crippen LogP contribution in [0.2, 0.25) is 0 Å². The lowest BCUT2D eigenvalue weighted by Gasteiger charge is -2.40. The Kier molecular flexibility index (Phi) is 3.02. The summed E-state index contributed by atoms with van der Waals surface area (Å²) >= 11 is 0. The van der Waals surface area contributed by atoms with E-state index >= 15 is 0 Å².